The maximum Gasteiger partial charge on any atom is 0.134 e. The molecule has 1 unspecified atom stereocenters. The summed E-state index contributed by atoms with van der Waals surface area (Å²) in [6, 6.07) is 9.53. The molecule has 0 radical (unpaired) electrons. The zero-order chi connectivity index (χ0) is 9.97. The second-order valence-electron chi connectivity index (χ2n) is 3.40. The average molecular weight is 191 g/mol. The SMILES string of the molecule is NC(CO)Cc1cc2ccccc2o1. The Labute approximate surface area is 82.1 Å². The van der Waals surface area contributed by atoms with Crippen LogP contribution in [0.15, 0.2) is 34.7 Å². The Hall–Kier alpha value is -1.32. The number of hydrogen-bond acceptors (Lipinski definition) is 3. The fraction of sp³-hybridized carbons (Fsp3) is 0.273. The second-order valence-corrected chi connectivity index (χ2v) is 3.40. The highest BCUT2D eigenvalue weighted by molar-refractivity contribution is 5.77. The molecule has 0 saturated carbocycles. The normalized spacial score (nSPS) is 13.3. The molecule has 0 aliphatic heterocycles. The van der Waals surface area contributed by atoms with Crippen molar-refractivity contribution in [1.29, 1.82) is 0 Å². The monoisotopic (exact) mass is 191 g/mol. The molecule has 2 rings (SSSR count). The van der Waals surface area contributed by atoms with Gasteiger partial charge in [0.05, 0.1) is 6.61 Å². The fourth-order valence-electron chi connectivity index (χ4n) is 1.46. The van der Waals surface area contributed by atoms with Crippen molar-refractivity contribution in [2.24, 2.45) is 5.73 Å². The number of hydrogen-bond donors (Lipinski definition) is 2. The summed E-state index contributed by atoms with van der Waals surface area (Å²) < 4.78 is 5.55. The van der Waals surface area contributed by atoms with E-state index in [4.69, 9.17) is 15.3 Å². The van der Waals surface area contributed by atoms with E-state index >= 15 is 0 Å². The number of aliphatic hydroxyl groups is 1. The molecule has 0 spiro atoms. The van der Waals surface area contributed by atoms with E-state index in [0.29, 0.717) is 6.42 Å². The summed E-state index contributed by atoms with van der Waals surface area (Å²) >= 11 is 0. The van der Waals surface area contributed by atoms with Gasteiger partial charge in [0.2, 0.25) is 0 Å². The summed E-state index contributed by atoms with van der Waals surface area (Å²) in [5.41, 5.74) is 6.49. The molecule has 3 heteroatoms. The highest BCUT2D eigenvalue weighted by atomic mass is 16.3. The fourth-order valence-corrected chi connectivity index (χ4v) is 1.46. The van der Waals surface area contributed by atoms with E-state index in [1.807, 2.05) is 30.3 Å². The summed E-state index contributed by atoms with van der Waals surface area (Å²) in [4.78, 5) is 0. The van der Waals surface area contributed by atoms with Gasteiger partial charge < -0.3 is 15.3 Å². The highest BCUT2D eigenvalue weighted by Gasteiger charge is 2.07. The van der Waals surface area contributed by atoms with Crippen molar-refractivity contribution in [2.75, 3.05) is 6.61 Å². The lowest BCUT2D eigenvalue weighted by Gasteiger charge is -2.03. The van der Waals surface area contributed by atoms with Crippen LogP contribution in [0.5, 0.6) is 0 Å². The van der Waals surface area contributed by atoms with Gasteiger partial charge in [0.25, 0.3) is 0 Å². The van der Waals surface area contributed by atoms with Crippen LogP contribution in [0.2, 0.25) is 0 Å². The quantitative estimate of drug-likeness (QED) is 0.768. The predicted molar refractivity (Wildman–Crippen MR) is 55.0 cm³/mol. The molecule has 14 heavy (non-hydrogen) atoms. The zero-order valence-electron chi connectivity index (χ0n) is 7.81. The van der Waals surface area contributed by atoms with Crippen molar-refractivity contribution in [3.63, 3.8) is 0 Å². The third kappa shape index (κ3) is 1.78. The first-order valence-electron chi connectivity index (χ1n) is 4.63. The molecule has 2 aromatic rings. The number of para-hydroxylation sites is 1. The Balaban J connectivity index is 2.27. The van der Waals surface area contributed by atoms with Gasteiger partial charge in [0.15, 0.2) is 0 Å². The molecule has 74 valence electrons. The zero-order valence-corrected chi connectivity index (χ0v) is 7.81. The molecule has 0 saturated heterocycles. The van der Waals surface area contributed by atoms with Crippen LogP contribution >= 0.6 is 0 Å². The van der Waals surface area contributed by atoms with Crippen LogP contribution in [-0.2, 0) is 6.42 Å². The van der Waals surface area contributed by atoms with Crippen LogP contribution < -0.4 is 5.73 Å². The van der Waals surface area contributed by atoms with Crippen LogP contribution in [0.4, 0.5) is 0 Å². The third-order valence-corrected chi connectivity index (χ3v) is 2.17. The minimum Gasteiger partial charge on any atom is -0.461 e. The standard InChI is InChI=1S/C11H13NO2/c12-9(7-13)6-10-5-8-3-1-2-4-11(8)14-10/h1-5,9,13H,6-7,12H2. The smallest absolute Gasteiger partial charge is 0.134 e. The second kappa shape index (κ2) is 3.82. The van der Waals surface area contributed by atoms with Gasteiger partial charge in [-0.15, -0.1) is 0 Å². The first-order valence-corrected chi connectivity index (χ1v) is 4.63. The summed E-state index contributed by atoms with van der Waals surface area (Å²) in [5.74, 6) is 0.827. The Morgan fingerprint density at radius 1 is 1.36 bits per heavy atom. The molecule has 0 aliphatic carbocycles. The van der Waals surface area contributed by atoms with E-state index < -0.39 is 0 Å². The number of nitrogens with two attached hydrogens (primary N) is 1. The molecule has 0 aliphatic rings. The maximum absolute atomic E-state index is 8.80. The summed E-state index contributed by atoms with van der Waals surface area (Å²) in [6.07, 6.45) is 0.575. The number of furan rings is 1. The van der Waals surface area contributed by atoms with Gasteiger partial charge in [-0.25, -0.2) is 0 Å². The Morgan fingerprint density at radius 2 is 2.14 bits per heavy atom. The van der Waals surface area contributed by atoms with Crippen LogP contribution in [0, 0.1) is 0 Å². The largest absolute Gasteiger partial charge is 0.461 e. The minimum absolute atomic E-state index is 0.0168. The van der Waals surface area contributed by atoms with E-state index in [0.717, 1.165) is 16.7 Å². The van der Waals surface area contributed by atoms with Gasteiger partial charge in [0.1, 0.15) is 11.3 Å². The first kappa shape index (κ1) is 9.24. The highest BCUT2D eigenvalue weighted by Crippen LogP contribution is 2.19. The number of rotatable bonds is 3. The molecule has 1 aromatic carbocycles. The van der Waals surface area contributed by atoms with Crippen molar-refractivity contribution in [1.82, 2.24) is 0 Å². The lowest BCUT2D eigenvalue weighted by molar-refractivity contribution is 0.261. The molecular formula is C11H13NO2. The van der Waals surface area contributed by atoms with Gasteiger partial charge in [0, 0.05) is 17.8 Å². The average Bonchev–Trinajstić information content (AvgIpc) is 2.59. The molecular weight excluding hydrogens is 178 g/mol. The molecule has 1 heterocycles. The van der Waals surface area contributed by atoms with Crippen LogP contribution in [0.3, 0.4) is 0 Å². The molecule has 3 N–H and O–H groups in total. The minimum atomic E-state index is -0.240. The van der Waals surface area contributed by atoms with Gasteiger partial charge in [-0.2, -0.15) is 0 Å². The summed E-state index contributed by atoms with van der Waals surface area (Å²) in [5, 5.41) is 9.88. The van der Waals surface area contributed by atoms with Crippen molar-refractivity contribution < 1.29 is 9.52 Å². The number of fused-ring (bicyclic) bond motifs is 1. The number of aliphatic hydroxyl groups excluding tert-OH is 1. The van der Waals surface area contributed by atoms with Gasteiger partial charge in [-0.05, 0) is 12.1 Å². The molecule has 1 atom stereocenters. The Morgan fingerprint density at radius 3 is 2.86 bits per heavy atom. The molecule has 3 nitrogen and oxygen atoms in total. The Kier molecular flexibility index (Phi) is 2.52. The third-order valence-electron chi connectivity index (χ3n) is 2.17. The lowest BCUT2D eigenvalue weighted by Crippen LogP contribution is -2.26. The van der Waals surface area contributed by atoms with E-state index in [9.17, 15) is 0 Å². The van der Waals surface area contributed by atoms with E-state index in [-0.39, 0.29) is 12.6 Å². The summed E-state index contributed by atoms with van der Waals surface area (Å²) in [7, 11) is 0. The molecule has 0 bridgehead atoms. The maximum atomic E-state index is 8.80. The van der Waals surface area contributed by atoms with Crippen LogP contribution in [-0.4, -0.2) is 17.8 Å². The van der Waals surface area contributed by atoms with E-state index in [1.165, 1.54) is 0 Å². The van der Waals surface area contributed by atoms with Gasteiger partial charge >= 0.3 is 0 Å². The van der Waals surface area contributed by atoms with Crippen molar-refractivity contribution >= 4 is 11.0 Å². The van der Waals surface area contributed by atoms with Crippen molar-refractivity contribution in [2.45, 2.75) is 12.5 Å². The molecule has 0 fully saturated rings. The molecule has 1 aromatic heterocycles. The van der Waals surface area contributed by atoms with Crippen molar-refractivity contribution in [3.8, 4) is 0 Å². The van der Waals surface area contributed by atoms with Crippen LogP contribution in [0.1, 0.15) is 5.76 Å². The lowest BCUT2D eigenvalue weighted by atomic mass is 10.2. The van der Waals surface area contributed by atoms with Gasteiger partial charge in [-0.1, -0.05) is 18.2 Å². The Bertz CT molecular complexity index is 389. The van der Waals surface area contributed by atoms with Gasteiger partial charge in [-0.3, -0.25) is 0 Å². The van der Waals surface area contributed by atoms with E-state index in [1.54, 1.807) is 0 Å². The number of benzene rings is 1. The first-order chi connectivity index (χ1) is 6.79. The summed E-state index contributed by atoms with van der Waals surface area (Å²) in [6.45, 7) is -0.0168. The van der Waals surface area contributed by atoms with Crippen molar-refractivity contribution in [3.05, 3.63) is 36.1 Å². The predicted octanol–water partition coefficient (Wildman–Crippen LogP) is 1.29. The topological polar surface area (TPSA) is 59.4 Å². The molecule has 0 amide bonds. The van der Waals surface area contributed by atoms with E-state index in [2.05, 4.69) is 0 Å². The van der Waals surface area contributed by atoms with Crippen LogP contribution in [0.25, 0.3) is 11.0 Å².